The van der Waals surface area contributed by atoms with Crippen LogP contribution in [0.25, 0.3) is 5.57 Å². The van der Waals surface area contributed by atoms with Gasteiger partial charge in [0, 0.05) is 18.6 Å². The van der Waals surface area contributed by atoms with Crippen molar-refractivity contribution in [2.45, 2.75) is 32.2 Å². The predicted octanol–water partition coefficient (Wildman–Crippen LogP) is 4.67. The number of carboxylic acid groups (broad SMARTS) is 1. The molecule has 0 saturated heterocycles. The lowest BCUT2D eigenvalue weighted by Gasteiger charge is -2.24. The summed E-state index contributed by atoms with van der Waals surface area (Å²) >= 11 is 0. The second-order valence-electron chi connectivity index (χ2n) is 6.94. The molecule has 0 aliphatic rings. The lowest BCUT2D eigenvalue weighted by molar-refractivity contribution is -0.169. The number of carbonyl (C=O) groups excluding carboxylic acids is 1. The zero-order valence-electron chi connectivity index (χ0n) is 18.1. The first-order valence-corrected chi connectivity index (χ1v) is 9.58. The van der Waals surface area contributed by atoms with Crippen molar-refractivity contribution in [2.24, 2.45) is 5.16 Å². The Kier molecular flexibility index (Phi) is 8.22. The predicted molar refractivity (Wildman–Crippen MR) is 113 cm³/mol. The van der Waals surface area contributed by atoms with E-state index >= 15 is 0 Å². The SMILES string of the molecule is COC(=O)C(C)(O/N=C(/C)OCc1ccccc1/C(=C\C(F)(F)F)C(=O)O)c1ccccc1. The van der Waals surface area contributed by atoms with E-state index in [1.54, 1.807) is 30.3 Å². The average Bonchev–Trinajstić information content (AvgIpc) is 2.79. The molecular formula is C23H22F3NO6. The largest absolute Gasteiger partial charge is 0.478 e. The second kappa shape index (κ2) is 10.7. The molecule has 0 bridgehead atoms. The van der Waals surface area contributed by atoms with E-state index in [4.69, 9.17) is 14.3 Å². The fraction of sp³-hybridized carbons (Fsp3) is 0.261. The summed E-state index contributed by atoms with van der Waals surface area (Å²) in [6, 6.07) is 14.1. The van der Waals surface area contributed by atoms with E-state index in [1.807, 2.05) is 0 Å². The van der Waals surface area contributed by atoms with Gasteiger partial charge in [0.25, 0.3) is 5.60 Å². The normalized spacial score (nSPS) is 14.2. The first-order chi connectivity index (χ1) is 15.5. The van der Waals surface area contributed by atoms with E-state index in [2.05, 4.69) is 5.16 Å². The van der Waals surface area contributed by atoms with Crippen molar-refractivity contribution in [3.63, 3.8) is 0 Å². The number of halogens is 3. The number of rotatable bonds is 8. The van der Waals surface area contributed by atoms with Crippen molar-refractivity contribution in [1.82, 2.24) is 0 Å². The highest BCUT2D eigenvalue weighted by molar-refractivity contribution is 6.16. The monoisotopic (exact) mass is 465 g/mol. The Labute approximate surface area is 188 Å². The van der Waals surface area contributed by atoms with Crippen molar-refractivity contribution < 1.29 is 42.2 Å². The third-order valence-electron chi connectivity index (χ3n) is 4.54. The highest BCUT2D eigenvalue weighted by Crippen LogP contribution is 2.28. The van der Waals surface area contributed by atoms with Gasteiger partial charge < -0.3 is 19.4 Å². The highest BCUT2D eigenvalue weighted by atomic mass is 19.4. The number of carbonyl (C=O) groups is 2. The molecule has 0 fully saturated rings. The van der Waals surface area contributed by atoms with Gasteiger partial charge in [0.05, 0.1) is 12.7 Å². The molecule has 2 aromatic carbocycles. The first kappa shape index (κ1) is 25.4. The van der Waals surface area contributed by atoms with Gasteiger partial charge in [0.15, 0.2) is 0 Å². The van der Waals surface area contributed by atoms with Gasteiger partial charge in [-0.1, -0.05) is 59.8 Å². The molecule has 1 N–H and O–H groups in total. The maximum Gasteiger partial charge on any atom is 0.410 e. The summed E-state index contributed by atoms with van der Waals surface area (Å²) in [5.41, 5.74) is -2.00. The number of methoxy groups -OCH3 is 1. The quantitative estimate of drug-likeness (QED) is 0.200. The minimum Gasteiger partial charge on any atom is -0.478 e. The van der Waals surface area contributed by atoms with Gasteiger partial charge in [-0.25, -0.2) is 9.59 Å². The molecule has 0 aliphatic heterocycles. The Balaban J connectivity index is 2.24. The molecule has 0 saturated carbocycles. The fourth-order valence-corrected chi connectivity index (χ4v) is 2.85. The zero-order chi connectivity index (χ0) is 24.6. The molecule has 1 atom stereocenters. The molecular weight excluding hydrogens is 443 g/mol. The molecule has 33 heavy (non-hydrogen) atoms. The third-order valence-corrected chi connectivity index (χ3v) is 4.54. The van der Waals surface area contributed by atoms with Crippen LogP contribution in [0.3, 0.4) is 0 Å². The number of esters is 1. The number of oxime groups is 1. The first-order valence-electron chi connectivity index (χ1n) is 9.58. The van der Waals surface area contributed by atoms with Crippen LogP contribution in [0.2, 0.25) is 0 Å². The van der Waals surface area contributed by atoms with E-state index in [1.165, 1.54) is 45.2 Å². The van der Waals surface area contributed by atoms with Crippen molar-refractivity contribution in [1.29, 1.82) is 0 Å². The van der Waals surface area contributed by atoms with Crippen LogP contribution in [0.4, 0.5) is 13.2 Å². The molecule has 2 rings (SSSR count). The molecule has 1 unspecified atom stereocenters. The number of hydrogen-bond acceptors (Lipinski definition) is 6. The van der Waals surface area contributed by atoms with Crippen LogP contribution >= 0.6 is 0 Å². The topological polar surface area (TPSA) is 94.4 Å². The molecule has 0 aliphatic carbocycles. The van der Waals surface area contributed by atoms with E-state index in [0.717, 1.165) is 0 Å². The molecule has 0 spiro atoms. The van der Waals surface area contributed by atoms with E-state index in [-0.39, 0.29) is 29.7 Å². The third kappa shape index (κ3) is 6.83. The standard InChI is InChI=1S/C23H22F3NO6/c1-15(27-33-22(2,21(30)31-3)17-10-5-4-6-11-17)32-14-16-9-7-8-12-18(16)19(20(28)29)13-23(24,25)26/h4-13H,14H2,1-3H3,(H,28,29)/b19-13+,27-15-. The summed E-state index contributed by atoms with van der Waals surface area (Å²) in [6.45, 7) is 2.58. The summed E-state index contributed by atoms with van der Waals surface area (Å²) in [5.74, 6) is -2.49. The van der Waals surface area contributed by atoms with E-state index in [0.29, 0.717) is 5.56 Å². The van der Waals surface area contributed by atoms with Crippen LogP contribution in [0.5, 0.6) is 0 Å². The zero-order valence-corrected chi connectivity index (χ0v) is 18.1. The summed E-state index contributed by atoms with van der Waals surface area (Å²) in [5, 5.41) is 13.1. The number of nitrogens with zero attached hydrogens (tertiary/aromatic N) is 1. The molecule has 176 valence electrons. The van der Waals surface area contributed by atoms with Gasteiger partial charge >= 0.3 is 18.1 Å². The van der Waals surface area contributed by atoms with Crippen molar-refractivity contribution >= 4 is 23.4 Å². The lowest BCUT2D eigenvalue weighted by Crippen LogP contribution is -2.35. The molecule has 0 amide bonds. The van der Waals surface area contributed by atoms with Crippen LogP contribution in [-0.2, 0) is 36.1 Å². The summed E-state index contributed by atoms with van der Waals surface area (Å²) in [7, 11) is 1.20. The second-order valence-corrected chi connectivity index (χ2v) is 6.94. The Hall–Kier alpha value is -3.82. The van der Waals surface area contributed by atoms with E-state index in [9.17, 15) is 27.9 Å². The van der Waals surface area contributed by atoms with Crippen LogP contribution in [0.15, 0.2) is 65.8 Å². The molecule has 0 radical (unpaired) electrons. The molecule has 0 heterocycles. The fourth-order valence-electron chi connectivity index (χ4n) is 2.85. The molecule has 7 nitrogen and oxygen atoms in total. The number of aliphatic carboxylic acids is 1. The Morgan fingerprint density at radius 3 is 2.24 bits per heavy atom. The number of carboxylic acids is 1. The average molecular weight is 465 g/mol. The Morgan fingerprint density at radius 1 is 1.06 bits per heavy atom. The Morgan fingerprint density at radius 2 is 1.67 bits per heavy atom. The molecule has 0 aromatic heterocycles. The van der Waals surface area contributed by atoms with Crippen molar-refractivity contribution in [3.05, 3.63) is 77.4 Å². The summed E-state index contributed by atoms with van der Waals surface area (Å²) in [6.07, 6.45) is -5.09. The van der Waals surface area contributed by atoms with Crippen molar-refractivity contribution in [3.8, 4) is 0 Å². The number of benzene rings is 2. The Bertz CT molecular complexity index is 1050. The van der Waals surface area contributed by atoms with Gasteiger partial charge in [-0.2, -0.15) is 13.2 Å². The van der Waals surface area contributed by atoms with Gasteiger partial charge in [-0.05, 0) is 18.1 Å². The molecule has 10 heteroatoms. The number of alkyl halides is 3. The lowest BCUT2D eigenvalue weighted by atomic mass is 9.96. The molecule has 2 aromatic rings. The number of hydrogen-bond donors (Lipinski definition) is 1. The summed E-state index contributed by atoms with van der Waals surface area (Å²) < 4.78 is 48.7. The van der Waals surface area contributed by atoms with Gasteiger partial charge in [0.2, 0.25) is 5.90 Å². The number of allylic oxidation sites excluding steroid dienone is 1. The smallest absolute Gasteiger partial charge is 0.410 e. The maximum absolute atomic E-state index is 12.8. The van der Waals surface area contributed by atoms with Gasteiger partial charge in [-0.15, -0.1) is 0 Å². The van der Waals surface area contributed by atoms with Crippen LogP contribution in [0.1, 0.15) is 30.5 Å². The summed E-state index contributed by atoms with van der Waals surface area (Å²) in [4.78, 5) is 29.2. The van der Waals surface area contributed by atoms with Crippen molar-refractivity contribution in [2.75, 3.05) is 7.11 Å². The minimum absolute atomic E-state index is 0.0486. The highest BCUT2D eigenvalue weighted by Gasteiger charge is 2.40. The van der Waals surface area contributed by atoms with Crippen LogP contribution < -0.4 is 0 Å². The number of ether oxygens (including phenoxy) is 2. The van der Waals surface area contributed by atoms with Gasteiger partial charge in [-0.3, -0.25) is 0 Å². The van der Waals surface area contributed by atoms with E-state index < -0.39 is 29.3 Å². The van der Waals surface area contributed by atoms with Crippen LogP contribution in [0, 0.1) is 0 Å². The van der Waals surface area contributed by atoms with Gasteiger partial charge in [0.1, 0.15) is 6.61 Å². The minimum atomic E-state index is -4.82. The van der Waals surface area contributed by atoms with Crippen LogP contribution in [-0.4, -0.2) is 36.2 Å². The maximum atomic E-state index is 12.8.